The van der Waals surface area contributed by atoms with Gasteiger partial charge >= 0.3 is 5.69 Å². The summed E-state index contributed by atoms with van der Waals surface area (Å²) in [5, 5.41) is 21.2. The third-order valence-corrected chi connectivity index (χ3v) is 6.98. The number of aliphatic hydroxyl groups excluding tert-OH is 1. The molecule has 0 amide bonds. The van der Waals surface area contributed by atoms with Crippen molar-refractivity contribution in [2.24, 2.45) is 5.16 Å². The summed E-state index contributed by atoms with van der Waals surface area (Å²) in [6.45, 7) is 9.10. The fourth-order valence-corrected chi connectivity index (χ4v) is 5.22. The average molecular weight is 385 g/mol. The summed E-state index contributed by atoms with van der Waals surface area (Å²) in [7, 11) is -1.77. The van der Waals surface area contributed by atoms with Crippen LogP contribution in [0.4, 0.5) is 0 Å². The molecule has 9 nitrogen and oxygen atoms in total. The Morgan fingerprint density at radius 2 is 2.15 bits per heavy atom. The Labute approximate surface area is 152 Å². The lowest BCUT2D eigenvalue weighted by Gasteiger charge is -2.36. The van der Waals surface area contributed by atoms with Crippen LogP contribution >= 0.6 is 0 Å². The zero-order valence-corrected chi connectivity index (χ0v) is 16.9. The van der Waals surface area contributed by atoms with Crippen LogP contribution in [0.1, 0.15) is 27.2 Å². The fourth-order valence-electron chi connectivity index (χ4n) is 3.32. The van der Waals surface area contributed by atoms with Gasteiger partial charge in [-0.25, -0.2) is 4.79 Å². The van der Waals surface area contributed by atoms with E-state index in [1.165, 1.54) is 16.8 Å². The van der Waals surface area contributed by atoms with E-state index in [0.717, 1.165) is 6.21 Å². The molecule has 0 saturated carbocycles. The summed E-state index contributed by atoms with van der Waals surface area (Å²) in [6.07, 6.45) is 2.12. The minimum absolute atomic E-state index is 0.271. The molecule has 0 aromatic carbocycles. The molecule has 0 radical (unpaired) electrons. The van der Waals surface area contributed by atoms with Crippen molar-refractivity contribution in [1.29, 1.82) is 0 Å². The summed E-state index contributed by atoms with van der Waals surface area (Å²) >= 11 is 0. The maximum Gasteiger partial charge on any atom is 0.330 e. The first kappa shape index (κ1) is 20.6. The first-order valence-corrected chi connectivity index (χ1v) is 11.4. The monoisotopic (exact) mass is 385 g/mol. The topological polar surface area (TPSA) is 126 Å². The van der Waals surface area contributed by atoms with Crippen LogP contribution in [0.5, 0.6) is 0 Å². The molecule has 0 aliphatic carbocycles. The second-order valence-corrected chi connectivity index (χ2v) is 11.1. The van der Waals surface area contributed by atoms with Crippen LogP contribution in [0.25, 0.3) is 0 Å². The highest BCUT2D eigenvalue weighted by Gasteiger charge is 2.59. The smallest absolute Gasteiger partial charge is 0.330 e. The van der Waals surface area contributed by atoms with Crippen molar-refractivity contribution in [2.75, 3.05) is 6.61 Å². The molecule has 2 heterocycles. The maximum absolute atomic E-state index is 12.4. The van der Waals surface area contributed by atoms with Gasteiger partial charge in [0, 0.05) is 18.7 Å². The molecule has 0 unspecified atom stereocenters. The lowest BCUT2D eigenvalue weighted by atomic mass is 9.97. The van der Waals surface area contributed by atoms with E-state index in [1.807, 2.05) is 33.9 Å². The number of aliphatic hydroxyl groups is 1. The number of aromatic nitrogens is 2. The highest BCUT2D eigenvalue weighted by Crippen LogP contribution is 2.44. The number of rotatable bonds is 5. The molecule has 10 heteroatoms. The fraction of sp³-hybridized carbons (Fsp3) is 0.688. The molecular formula is C16H27N3O6Si. The molecule has 1 aromatic heterocycles. The van der Waals surface area contributed by atoms with Crippen molar-refractivity contribution in [3.63, 3.8) is 0 Å². The van der Waals surface area contributed by atoms with Crippen molar-refractivity contribution in [1.82, 2.24) is 9.55 Å². The van der Waals surface area contributed by atoms with Crippen LogP contribution in [0.3, 0.4) is 0 Å². The molecule has 1 fully saturated rings. The van der Waals surface area contributed by atoms with Gasteiger partial charge in [0.2, 0.25) is 0 Å². The number of nitrogens with zero attached hydrogens (tertiary/aromatic N) is 2. The molecule has 3 atom stereocenters. The van der Waals surface area contributed by atoms with Crippen molar-refractivity contribution >= 4 is 15.0 Å². The summed E-state index contributed by atoms with van der Waals surface area (Å²) in [5.41, 5.74) is -3.06. The van der Waals surface area contributed by atoms with E-state index in [4.69, 9.17) is 14.7 Å². The van der Waals surface area contributed by atoms with Gasteiger partial charge in [0.05, 0.1) is 33.3 Å². The Hall–Kier alpha value is -1.75. The number of hydrogen-bond donors (Lipinski definition) is 3. The average Bonchev–Trinajstić information content (AvgIpc) is 2.81. The van der Waals surface area contributed by atoms with Crippen LogP contribution in [0.2, 0.25) is 13.1 Å². The van der Waals surface area contributed by atoms with Crippen LogP contribution in [-0.2, 0) is 14.8 Å². The lowest BCUT2D eigenvalue weighted by molar-refractivity contribution is -0.141. The summed E-state index contributed by atoms with van der Waals surface area (Å²) in [5.74, 6) is 0. The van der Waals surface area contributed by atoms with Gasteiger partial charge in [0.1, 0.15) is 5.35 Å². The van der Waals surface area contributed by atoms with E-state index in [1.54, 1.807) is 0 Å². The summed E-state index contributed by atoms with van der Waals surface area (Å²) in [4.78, 5) is 26.1. The van der Waals surface area contributed by atoms with E-state index < -0.39 is 49.3 Å². The van der Waals surface area contributed by atoms with Gasteiger partial charge in [-0.3, -0.25) is 14.3 Å². The van der Waals surface area contributed by atoms with Crippen LogP contribution in [0.15, 0.2) is 27.0 Å². The second-order valence-electron chi connectivity index (χ2n) is 7.86. The molecule has 3 N–H and O–H groups in total. The largest absolute Gasteiger partial charge is 0.411 e. The zero-order chi connectivity index (χ0) is 19.8. The van der Waals surface area contributed by atoms with Crippen molar-refractivity contribution in [3.05, 3.63) is 33.1 Å². The Morgan fingerprint density at radius 3 is 2.62 bits per heavy atom. The highest BCUT2D eigenvalue weighted by atomic mass is 28.3. The van der Waals surface area contributed by atoms with Crippen LogP contribution in [-0.4, -0.2) is 58.8 Å². The molecule has 1 aliphatic heterocycles. The van der Waals surface area contributed by atoms with Gasteiger partial charge in [-0.1, -0.05) is 18.2 Å². The third kappa shape index (κ3) is 3.68. The normalized spacial score (nSPS) is 29.7. The molecule has 1 aromatic rings. The number of ether oxygens (including phenoxy) is 2. The molecule has 1 saturated heterocycles. The van der Waals surface area contributed by atoms with Gasteiger partial charge in [0.15, 0.2) is 5.60 Å². The molecule has 0 bridgehead atoms. The van der Waals surface area contributed by atoms with Gasteiger partial charge in [-0.05, 0) is 20.8 Å². The standard InChI is InChI=1S/C16H27N3O6Si/c1-14(2,3)24-11-8-16(26(4)5,25-15(11,10-20)9-17-23)19-7-6-12(21)18-13(19)22/h6-7,9,11,20,23,26H,8,10H2,1-5H3,(H,18,21,22)/t11-,15+,16-/m0/s1. The van der Waals surface area contributed by atoms with E-state index >= 15 is 0 Å². The Bertz CT molecular complexity index is 783. The predicted octanol–water partition coefficient (Wildman–Crippen LogP) is 0.0104. The van der Waals surface area contributed by atoms with Gasteiger partial charge in [0.25, 0.3) is 5.56 Å². The number of oxime groups is 1. The van der Waals surface area contributed by atoms with Crippen molar-refractivity contribution < 1.29 is 19.8 Å². The maximum atomic E-state index is 12.4. The van der Waals surface area contributed by atoms with Gasteiger partial charge in [-0.15, -0.1) is 0 Å². The van der Waals surface area contributed by atoms with Crippen molar-refractivity contribution in [2.45, 2.75) is 62.9 Å². The molecule has 2 rings (SSSR count). The minimum atomic E-state index is -1.77. The number of nitrogens with one attached hydrogen (secondary N) is 1. The molecule has 1 aliphatic rings. The first-order chi connectivity index (χ1) is 12.0. The van der Waals surface area contributed by atoms with Crippen LogP contribution in [0, 0.1) is 0 Å². The van der Waals surface area contributed by atoms with Crippen molar-refractivity contribution in [3.8, 4) is 0 Å². The Balaban J connectivity index is 2.65. The Kier molecular flexibility index (Phi) is 5.62. The van der Waals surface area contributed by atoms with E-state index in [9.17, 15) is 14.7 Å². The summed E-state index contributed by atoms with van der Waals surface area (Å²) < 4.78 is 13.7. The van der Waals surface area contributed by atoms with Gasteiger partial charge in [-0.2, -0.15) is 0 Å². The van der Waals surface area contributed by atoms with E-state index in [0.29, 0.717) is 0 Å². The van der Waals surface area contributed by atoms with E-state index in [-0.39, 0.29) is 6.42 Å². The quantitative estimate of drug-likeness (QED) is 0.284. The van der Waals surface area contributed by atoms with Crippen LogP contribution < -0.4 is 11.2 Å². The number of hydrogen-bond acceptors (Lipinski definition) is 7. The zero-order valence-electron chi connectivity index (χ0n) is 15.7. The summed E-state index contributed by atoms with van der Waals surface area (Å²) in [6, 6.07) is 1.25. The second kappa shape index (κ2) is 7.10. The number of aromatic amines is 1. The SMILES string of the molecule is C[SiH](C)[C@]1(n2ccc(=O)[nH]c2=O)C[C@H](OC(C)(C)C)[C@@](C=NO)(CO)O1. The molecule has 26 heavy (non-hydrogen) atoms. The number of H-pyrrole nitrogens is 1. The lowest BCUT2D eigenvalue weighted by Crippen LogP contribution is -2.54. The minimum Gasteiger partial charge on any atom is -0.411 e. The van der Waals surface area contributed by atoms with E-state index in [2.05, 4.69) is 10.1 Å². The third-order valence-electron chi connectivity index (χ3n) is 4.54. The molecule has 146 valence electrons. The first-order valence-electron chi connectivity index (χ1n) is 8.49. The highest BCUT2D eigenvalue weighted by molar-refractivity contribution is 6.58. The predicted molar refractivity (Wildman–Crippen MR) is 98.6 cm³/mol. The Morgan fingerprint density at radius 1 is 1.50 bits per heavy atom. The molecular weight excluding hydrogens is 358 g/mol. The van der Waals surface area contributed by atoms with Gasteiger partial charge < -0.3 is 19.8 Å². The molecule has 0 spiro atoms.